The van der Waals surface area contributed by atoms with Crippen LogP contribution in [0.15, 0.2) is 23.1 Å². The van der Waals surface area contributed by atoms with E-state index in [-0.39, 0.29) is 21.5 Å². The van der Waals surface area contributed by atoms with Crippen LogP contribution in [0.25, 0.3) is 0 Å². The van der Waals surface area contributed by atoms with Gasteiger partial charge in [-0.05, 0) is 18.2 Å². The van der Waals surface area contributed by atoms with Crippen molar-refractivity contribution < 1.29 is 18.0 Å². The van der Waals surface area contributed by atoms with Crippen molar-refractivity contribution in [3.05, 3.63) is 28.2 Å². The highest BCUT2D eigenvalue weighted by molar-refractivity contribution is 7.89. The van der Waals surface area contributed by atoms with Crippen LogP contribution >= 0.6 is 23.2 Å². The zero-order valence-corrected chi connectivity index (χ0v) is 12.5. The minimum absolute atomic E-state index is 0.0479. The van der Waals surface area contributed by atoms with Crippen LogP contribution in [0.3, 0.4) is 0 Å². The first-order valence-electron chi connectivity index (χ1n) is 5.28. The number of imide groups is 1. The predicted molar refractivity (Wildman–Crippen MR) is 71.7 cm³/mol. The maximum Gasteiger partial charge on any atom is 0.342 e. The molecule has 0 unspecified atom stereocenters. The van der Waals surface area contributed by atoms with Gasteiger partial charge in [-0.15, -0.1) is 4.83 Å². The van der Waals surface area contributed by atoms with E-state index in [1.54, 1.807) is 0 Å². The Morgan fingerprint density at radius 1 is 1.25 bits per heavy atom. The molecule has 1 heterocycles. The first kappa shape index (κ1) is 15.0. The molecular weight excluding hydrogens is 329 g/mol. The molecule has 0 radical (unpaired) electrons. The third-order valence-corrected chi connectivity index (χ3v) is 4.65. The SMILES string of the molecule is CN1C(=O)CN(NS(=O)(=O)c2cc(Cl)ccc2Cl)C1=O. The van der Waals surface area contributed by atoms with Crippen molar-refractivity contribution in [3.63, 3.8) is 0 Å². The molecule has 0 aromatic heterocycles. The number of hydrogen-bond acceptors (Lipinski definition) is 4. The molecule has 7 nitrogen and oxygen atoms in total. The Morgan fingerprint density at radius 2 is 1.90 bits per heavy atom. The largest absolute Gasteiger partial charge is 0.342 e. The standard InChI is InChI=1S/C10H9Cl2N3O4S/c1-14-9(16)5-15(10(14)17)13-20(18,19)8-4-6(11)2-3-7(8)12/h2-4,13H,5H2,1H3. The Labute approximate surface area is 125 Å². The van der Waals surface area contributed by atoms with Crippen molar-refractivity contribution in [1.82, 2.24) is 14.7 Å². The Morgan fingerprint density at radius 3 is 2.45 bits per heavy atom. The molecule has 1 saturated heterocycles. The van der Waals surface area contributed by atoms with Gasteiger partial charge in [0, 0.05) is 12.1 Å². The lowest BCUT2D eigenvalue weighted by Crippen LogP contribution is -2.44. The monoisotopic (exact) mass is 337 g/mol. The van der Waals surface area contributed by atoms with Crippen molar-refractivity contribution in [3.8, 4) is 0 Å². The second-order valence-corrected chi connectivity index (χ2v) is 6.46. The van der Waals surface area contributed by atoms with Gasteiger partial charge in [0.15, 0.2) is 0 Å². The van der Waals surface area contributed by atoms with Crippen molar-refractivity contribution in [2.45, 2.75) is 4.90 Å². The summed E-state index contributed by atoms with van der Waals surface area (Å²) in [5.74, 6) is -0.519. The number of halogens is 2. The average molecular weight is 338 g/mol. The van der Waals surface area contributed by atoms with Crippen LogP contribution in [0.4, 0.5) is 4.79 Å². The molecule has 108 valence electrons. The third kappa shape index (κ3) is 2.73. The van der Waals surface area contributed by atoms with Crippen LogP contribution in [0, 0.1) is 0 Å². The van der Waals surface area contributed by atoms with E-state index in [0.29, 0.717) is 5.01 Å². The molecule has 1 fully saturated rings. The van der Waals surface area contributed by atoms with E-state index in [4.69, 9.17) is 23.2 Å². The number of carbonyl (C=O) groups is 2. The number of urea groups is 1. The van der Waals surface area contributed by atoms with Gasteiger partial charge in [-0.1, -0.05) is 23.2 Å². The molecule has 0 bridgehead atoms. The topological polar surface area (TPSA) is 86.8 Å². The lowest BCUT2D eigenvalue weighted by molar-refractivity contribution is -0.124. The van der Waals surface area contributed by atoms with Crippen LogP contribution in [0.2, 0.25) is 10.0 Å². The maximum absolute atomic E-state index is 12.1. The summed E-state index contributed by atoms with van der Waals surface area (Å²) < 4.78 is 24.3. The molecule has 0 saturated carbocycles. The highest BCUT2D eigenvalue weighted by Crippen LogP contribution is 2.25. The van der Waals surface area contributed by atoms with Crippen LogP contribution in [-0.4, -0.2) is 43.9 Å². The van der Waals surface area contributed by atoms with E-state index in [1.165, 1.54) is 19.2 Å². The van der Waals surface area contributed by atoms with Crippen LogP contribution in [-0.2, 0) is 14.8 Å². The fourth-order valence-electron chi connectivity index (χ4n) is 1.55. The summed E-state index contributed by atoms with van der Waals surface area (Å²) in [5, 5.41) is 0.818. The van der Waals surface area contributed by atoms with E-state index in [1.807, 2.05) is 4.83 Å². The Hall–Kier alpha value is -1.35. The molecule has 1 aromatic rings. The Bertz CT molecular complexity index is 692. The van der Waals surface area contributed by atoms with Gasteiger partial charge in [-0.3, -0.25) is 9.69 Å². The maximum atomic E-state index is 12.1. The average Bonchev–Trinajstić information content (AvgIpc) is 2.59. The second-order valence-electron chi connectivity index (χ2n) is 3.99. The zero-order chi connectivity index (χ0) is 15.1. The highest BCUT2D eigenvalue weighted by Gasteiger charge is 2.36. The van der Waals surface area contributed by atoms with Crippen LogP contribution in [0.5, 0.6) is 0 Å². The van der Waals surface area contributed by atoms with Gasteiger partial charge >= 0.3 is 6.03 Å². The number of carbonyl (C=O) groups excluding carboxylic acids is 2. The van der Waals surface area contributed by atoms with E-state index < -0.39 is 22.0 Å². The number of hydrogen-bond donors (Lipinski definition) is 1. The van der Waals surface area contributed by atoms with Crippen molar-refractivity contribution in [1.29, 1.82) is 0 Å². The van der Waals surface area contributed by atoms with Crippen LogP contribution in [0.1, 0.15) is 0 Å². The van der Waals surface area contributed by atoms with E-state index in [9.17, 15) is 18.0 Å². The Kier molecular flexibility index (Phi) is 3.92. The minimum atomic E-state index is -4.12. The molecule has 0 atom stereocenters. The minimum Gasteiger partial charge on any atom is -0.272 e. The van der Waals surface area contributed by atoms with Gasteiger partial charge in [0.2, 0.25) is 0 Å². The molecular formula is C10H9Cl2N3O4S. The molecule has 1 aliphatic rings. The molecule has 2 rings (SSSR count). The summed E-state index contributed by atoms with van der Waals surface area (Å²) >= 11 is 11.5. The van der Waals surface area contributed by atoms with Gasteiger partial charge in [0.25, 0.3) is 15.9 Å². The molecule has 0 spiro atoms. The molecule has 1 aliphatic heterocycles. The van der Waals surface area contributed by atoms with Crippen molar-refractivity contribution in [2.24, 2.45) is 0 Å². The number of amides is 3. The molecule has 1 aromatic carbocycles. The van der Waals surface area contributed by atoms with Crippen LogP contribution < -0.4 is 4.83 Å². The first-order valence-corrected chi connectivity index (χ1v) is 7.52. The normalized spacial score (nSPS) is 16.1. The number of benzene rings is 1. The van der Waals surface area contributed by atoms with Crippen molar-refractivity contribution in [2.75, 3.05) is 13.6 Å². The van der Waals surface area contributed by atoms with Gasteiger partial charge in [-0.25, -0.2) is 18.2 Å². The first-order chi connectivity index (χ1) is 9.22. The Balaban J connectivity index is 2.31. The molecule has 20 heavy (non-hydrogen) atoms. The molecule has 0 aliphatic carbocycles. The highest BCUT2D eigenvalue weighted by atomic mass is 35.5. The van der Waals surface area contributed by atoms with E-state index in [2.05, 4.69) is 0 Å². The van der Waals surface area contributed by atoms with E-state index >= 15 is 0 Å². The fourth-order valence-corrected chi connectivity index (χ4v) is 3.34. The smallest absolute Gasteiger partial charge is 0.272 e. The van der Waals surface area contributed by atoms with Crippen molar-refractivity contribution >= 4 is 45.2 Å². The van der Waals surface area contributed by atoms with E-state index in [0.717, 1.165) is 11.0 Å². The number of sulfonamides is 1. The zero-order valence-electron chi connectivity index (χ0n) is 10.1. The van der Waals surface area contributed by atoms with Gasteiger partial charge in [0.05, 0.1) is 5.02 Å². The number of hydrazine groups is 1. The molecule has 3 amide bonds. The van der Waals surface area contributed by atoms with Gasteiger partial charge in [0.1, 0.15) is 11.4 Å². The molecule has 10 heteroatoms. The summed E-state index contributed by atoms with van der Waals surface area (Å²) in [7, 11) is -2.86. The summed E-state index contributed by atoms with van der Waals surface area (Å²) in [5.41, 5.74) is 0. The third-order valence-electron chi connectivity index (χ3n) is 2.60. The predicted octanol–water partition coefficient (Wildman–Crippen LogP) is 1.08. The molecule has 1 N–H and O–H groups in total. The number of nitrogens with one attached hydrogen (secondary N) is 1. The quantitative estimate of drug-likeness (QED) is 0.836. The number of nitrogens with zero attached hydrogens (tertiary/aromatic N) is 2. The summed E-state index contributed by atoms with van der Waals surface area (Å²) in [6, 6.07) is 3.14. The lowest BCUT2D eigenvalue weighted by atomic mass is 10.4. The summed E-state index contributed by atoms with van der Waals surface area (Å²) in [4.78, 5) is 25.5. The summed E-state index contributed by atoms with van der Waals surface area (Å²) in [6.07, 6.45) is 0. The second kappa shape index (κ2) is 5.21. The lowest BCUT2D eigenvalue weighted by Gasteiger charge is -2.16. The van der Waals surface area contributed by atoms with Gasteiger partial charge in [-0.2, -0.15) is 0 Å². The van der Waals surface area contributed by atoms with Gasteiger partial charge < -0.3 is 0 Å². The number of likely N-dealkylation sites (N-methyl/N-ethyl adjacent to an activating group) is 1. The number of rotatable bonds is 3. The summed E-state index contributed by atoms with van der Waals surface area (Å²) in [6.45, 7) is -0.382. The fraction of sp³-hybridized carbons (Fsp3) is 0.200.